The Bertz CT molecular complexity index is 1020. The molecule has 0 saturated carbocycles. The zero-order chi connectivity index (χ0) is 19.8. The number of hydrogen-bond acceptors (Lipinski definition) is 2. The van der Waals surface area contributed by atoms with Gasteiger partial charge in [-0.05, 0) is 23.6 Å². The van der Waals surface area contributed by atoms with Crippen molar-refractivity contribution in [2.45, 2.75) is 31.5 Å². The van der Waals surface area contributed by atoms with Gasteiger partial charge < -0.3 is 22.0 Å². The summed E-state index contributed by atoms with van der Waals surface area (Å²) in [6.45, 7) is 7.32. The van der Waals surface area contributed by atoms with Gasteiger partial charge in [0, 0.05) is 35.9 Å². The van der Waals surface area contributed by atoms with E-state index in [1.165, 1.54) is 12.0 Å². The number of aliphatic hydroxyl groups is 1. The van der Waals surface area contributed by atoms with Gasteiger partial charge in [-0.25, -0.2) is 0 Å². The number of aromatic nitrogens is 1. The second-order valence-electron chi connectivity index (χ2n) is 8.88. The quantitative estimate of drug-likeness (QED) is 0.505. The average molecular weight is 421 g/mol. The van der Waals surface area contributed by atoms with Crippen LogP contribution in [0.5, 0.6) is 0 Å². The van der Waals surface area contributed by atoms with Gasteiger partial charge in [-0.1, -0.05) is 54.6 Å². The van der Waals surface area contributed by atoms with Crippen molar-refractivity contribution in [3.63, 3.8) is 0 Å². The Morgan fingerprint density at radius 1 is 1.10 bits per heavy atom. The molecule has 5 atom stereocenters. The summed E-state index contributed by atoms with van der Waals surface area (Å²) in [5, 5.41) is 12.8. The van der Waals surface area contributed by atoms with Crippen molar-refractivity contribution >= 4 is 10.9 Å². The maximum absolute atomic E-state index is 11.7. The molecule has 0 unspecified atom stereocenters. The molecule has 1 N–H and O–H groups in total. The number of benzene rings is 2. The Kier molecular flexibility index (Phi) is 5.97. The zero-order valence-corrected chi connectivity index (χ0v) is 18.0. The summed E-state index contributed by atoms with van der Waals surface area (Å²) in [4.78, 5) is 4.50. The summed E-state index contributed by atoms with van der Waals surface area (Å²) in [5.41, 5.74) is 3.33. The molecule has 2 bridgehead atoms. The van der Waals surface area contributed by atoms with E-state index in [0.29, 0.717) is 11.8 Å². The van der Waals surface area contributed by atoms with Crippen LogP contribution < -0.4 is 12.4 Å². The lowest BCUT2D eigenvalue weighted by molar-refractivity contribution is -0.984. The molecule has 3 fully saturated rings. The van der Waals surface area contributed by atoms with E-state index in [-0.39, 0.29) is 18.4 Å². The van der Waals surface area contributed by atoms with Crippen LogP contribution in [0.4, 0.5) is 0 Å². The van der Waals surface area contributed by atoms with E-state index in [9.17, 15) is 5.11 Å². The fourth-order valence-electron chi connectivity index (χ4n) is 5.91. The third-order valence-corrected chi connectivity index (χ3v) is 7.38. The van der Waals surface area contributed by atoms with Gasteiger partial charge in [-0.2, -0.15) is 0 Å². The highest BCUT2D eigenvalue weighted by molar-refractivity contribution is 5.82. The van der Waals surface area contributed by atoms with Crippen molar-refractivity contribution in [3.05, 3.63) is 90.6 Å². The summed E-state index contributed by atoms with van der Waals surface area (Å²) >= 11 is 0. The predicted molar refractivity (Wildman–Crippen MR) is 117 cm³/mol. The average Bonchev–Trinajstić information content (AvgIpc) is 2.78. The van der Waals surface area contributed by atoms with Gasteiger partial charge in [0.05, 0.1) is 18.6 Å². The molecule has 0 radical (unpaired) electrons. The molecule has 2 aromatic carbocycles. The summed E-state index contributed by atoms with van der Waals surface area (Å²) in [5.74, 6) is 1.18. The third kappa shape index (κ3) is 3.56. The molecule has 6 rings (SSSR count). The Labute approximate surface area is 185 Å². The van der Waals surface area contributed by atoms with Crippen LogP contribution in [0.3, 0.4) is 0 Å². The number of piperidine rings is 3. The number of rotatable bonds is 5. The van der Waals surface area contributed by atoms with Crippen LogP contribution in [0.1, 0.15) is 30.1 Å². The van der Waals surface area contributed by atoms with Crippen molar-refractivity contribution in [1.82, 2.24) is 4.98 Å². The first-order valence-electron chi connectivity index (χ1n) is 10.7. The minimum Gasteiger partial charge on any atom is -1.00 e. The molecule has 30 heavy (non-hydrogen) atoms. The molecule has 0 amide bonds. The topological polar surface area (TPSA) is 33.1 Å². The van der Waals surface area contributed by atoms with Gasteiger partial charge in [0.15, 0.2) is 0 Å². The van der Waals surface area contributed by atoms with Crippen molar-refractivity contribution in [1.29, 1.82) is 0 Å². The SMILES string of the molecule is C=C[C@H]1C[N@+]2(Cc3ccccc3)CC[C@H]1C[C@H]2[C@@H](O)c1ccnc2ccccc12.[Cl-]. The summed E-state index contributed by atoms with van der Waals surface area (Å²) in [7, 11) is 0. The summed E-state index contributed by atoms with van der Waals surface area (Å²) in [6.07, 6.45) is 5.79. The normalized spacial score (nSPS) is 28.6. The fourth-order valence-corrected chi connectivity index (χ4v) is 5.91. The highest BCUT2D eigenvalue weighted by Gasteiger charge is 2.53. The maximum Gasteiger partial charge on any atom is 0.131 e. The molecular weight excluding hydrogens is 392 g/mol. The Morgan fingerprint density at radius 2 is 1.87 bits per heavy atom. The fraction of sp³-hybridized carbons (Fsp3) is 0.346. The van der Waals surface area contributed by atoms with Crippen LogP contribution in [0.2, 0.25) is 0 Å². The molecule has 3 nitrogen and oxygen atoms in total. The monoisotopic (exact) mass is 420 g/mol. The first-order valence-corrected chi connectivity index (χ1v) is 10.7. The molecule has 4 heteroatoms. The van der Waals surface area contributed by atoms with E-state index in [0.717, 1.165) is 47.0 Å². The van der Waals surface area contributed by atoms with E-state index in [1.807, 2.05) is 30.5 Å². The second kappa shape index (κ2) is 8.50. The Hall–Kier alpha value is -2.20. The molecule has 3 aliphatic rings. The molecule has 156 valence electrons. The van der Waals surface area contributed by atoms with Crippen LogP contribution in [0.15, 0.2) is 79.5 Å². The van der Waals surface area contributed by atoms with Gasteiger partial charge in [-0.15, -0.1) is 6.58 Å². The Morgan fingerprint density at radius 3 is 2.67 bits per heavy atom. The lowest BCUT2D eigenvalue weighted by Gasteiger charge is -2.58. The van der Waals surface area contributed by atoms with E-state index >= 15 is 0 Å². The van der Waals surface area contributed by atoms with Crippen molar-refractivity contribution in [2.75, 3.05) is 13.1 Å². The number of quaternary nitrogens is 1. The Balaban J connectivity index is 0.00000218. The minimum absolute atomic E-state index is 0. The molecule has 3 saturated heterocycles. The van der Waals surface area contributed by atoms with Crippen LogP contribution in [0, 0.1) is 11.8 Å². The van der Waals surface area contributed by atoms with E-state index < -0.39 is 6.10 Å². The highest BCUT2D eigenvalue weighted by Crippen LogP contribution is 2.47. The van der Waals surface area contributed by atoms with Gasteiger partial charge in [-0.3, -0.25) is 4.98 Å². The van der Waals surface area contributed by atoms with Gasteiger partial charge in [0.2, 0.25) is 0 Å². The molecule has 4 heterocycles. The summed E-state index contributed by atoms with van der Waals surface area (Å²) < 4.78 is 0.953. The standard InChI is InChI=1S/C26H29N2O.ClH/c1-2-20-18-28(17-19-8-4-3-5-9-19)15-13-21(20)16-25(28)26(29)23-12-14-27-24-11-7-6-10-22(23)24;/h2-12,14,20-21,25-26,29H,1,13,15-18H2;1H/q+1;/p-1/t20-,21-,25-,26-,28+;/m0./s1. The van der Waals surface area contributed by atoms with Crippen molar-refractivity contribution < 1.29 is 22.0 Å². The first kappa shape index (κ1) is 21.0. The minimum atomic E-state index is -0.486. The molecule has 3 aromatic rings. The predicted octanol–water partition coefficient (Wildman–Crippen LogP) is 1.88. The highest BCUT2D eigenvalue weighted by atomic mass is 35.5. The van der Waals surface area contributed by atoms with Gasteiger partial charge >= 0.3 is 0 Å². The number of para-hydroxylation sites is 1. The van der Waals surface area contributed by atoms with Crippen molar-refractivity contribution in [3.8, 4) is 0 Å². The molecular formula is C26H29ClN2O. The third-order valence-electron chi connectivity index (χ3n) is 7.38. The van der Waals surface area contributed by atoms with Crippen molar-refractivity contribution in [2.24, 2.45) is 11.8 Å². The largest absolute Gasteiger partial charge is 1.00 e. The summed E-state index contributed by atoms with van der Waals surface area (Å²) in [6, 6.07) is 21.2. The number of aliphatic hydroxyl groups excluding tert-OH is 1. The number of hydrogen-bond donors (Lipinski definition) is 1. The van der Waals surface area contributed by atoms with Gasteiger partial charge in [0.1, 0.15) is 18.7 Å². The smallest absolute Gasteiger partial charge is 0.131 e. The lowest BCUT2D eigenvalue weighted by atomic mass is 9.71. The number of halogens is 1. The molecule has 0 aliphatic carbocycles. The number of nitrogens with zero attached hydrogens (tertiary/aromatic N) is 2. The lowest BCUT2D eigenvalue weighted by Crippen LogP contribution is -3.00. The molecule has 0 spiro atoms. The van der Waals surface area contributed by atoms with E-state index in [2.05, 4.69) is 54.0 Å². The zero-order valence-electron chi connectivity index (χ0n) is 17.2. The molecule has 3 aliphatic heterocycles. The number of fused-ring (bicyclic) bond motifs is 4. The first-order chi connectivity index (χ1) is 14.2. The van der Waals surface area contributed by atoms with E-state index in [4.69, 9.17) is 0 Å². The van der Waals surface area contributed by atoms with Crippen LogP contribution >= 0.6 is 0 Å². The maximum atomic E-state index is 11.7. The van der Waals surface area contributed by atoms with Gasteiger partial charge in [0.25, 0.3) is 0 Å². The van der Waals surface area contributed by atoms with Crippen LogP contribution in [-0.2, 0) is 6.54 Å². The van der Waals surface area contributed by atoms with Crippen LogP contribution in [-0.4, -0.2) is 33.7 Å². The molecule has 1 aromatic heterocycles. The second-order valence-corrected chi connectivity index (χ2v) is 8.88. The van der Waals surface area contributed by atoms with Crippen LogP contribution in [0.25, 0.3) is 10.9 Å². The van der Waals surface area contributed by atoms with E-state index in [1.54, 1.807) is 0 Å². The number of pyridine rings is 1.